The lowest BCUT2D eigenvalue weighted by atomic mass is 10.1. The van der Waals surface area contributed by atoms with E-state index in [4.69, 9.17) is 4.99 Å². The number of guanidine groups is 1. The van der Waals surface area contributed by atoms with Crippen molar-refractivity contribution in [3.63, 3.8) is 0 Å². The lowest BCUT2D eigenvalue weighted by Gasteiger charge is -2.33. The third-order valence-electron chi connectivity index (χ3n) is 4.14. The summed E-state index contributed by atoms with van der Waals surface area (Å²) >= 11 is 0. The average molecular weight is 312 g/mol. The van der Waals surface area contributed by atoms with Gasteiger partial charge >= 0.3 is 0 Å². The molecule has 0 aromatic heterocycles. The van der Waals surface area contributed by atoms with E-state index in [2.05, 4.69) is 48.3 Å². The van der Waals surface area contributed by atoms with E-state index < -0.39 is 0 Å². The zero-order chi connectivity index (χ0) is 16.2. The summed E-state index contributed by atoms with van der Waals surface area (Å²) in [4.78, 5) is 9.73. The molecule has 0 saturated carbocycles. The molecule has 0 aromatic rings. The lowest BCUT2D eigenvalue weighted by Crippen LogP contribution is -2.46. The van der Waals surface area contributed by atoms with Gasteiger partial charge in [0.25, 0.3) is 0 Å². The summed E-state index contributed by atoms with van der Waals surface area (Å²) < 4.78 is 0. The predicted molar refractivity (Wildman–Crippen MR) is 96.6 cm³/mol. The van der Waals surface area contributed by atoms with E-state index >= 15 is 0 Å². The highest BCUT2D eigenvalue weighted by molar-refractivity contribution is 5.79. The summed E-state index contributed by atoms with van der Waals surface area (Å²) in [5.41, 5.74) is 0. The van der Waals surface area contributed by atoms with Crippen LogP contribution in [0.5, 0.6) is 0 Å². The maximum Gasteiger partial charge on any atom is 0.191 e. The SMILES string of the molecule is CCCCCNC(=NCC(C)CN1CCN(C)CC1)NCC. The summed E-state index contributed by atoms with van der Waals surface area (Å²) in [5.74, 6) is 1.58. The van der Waals surface area contributed by atoms with Crippen molar-refractivity contribution < 1.29 is 0 Å². The van der Waals surface area contributed by atoms with Crippen LogP contribution in [0.25, 0.3) is 0 Å². The van der Waals surface area contributed by atoms with E-state index in [-0.39, 0.29) is 0 Å². The lowest BCUT2D eigenvalue weighted by molar-refractivity contribution is 0.140. The van der Waals surface area contributed by atoms with Crippen LogP contribution >= 0.6 is 0 Å². The fraction of sp³-hybridized carbons (Fsp3) is 0.941. The third kappa shape index (κ3) is 8.59. The Morgan fingerprint density at radius 3 is 2.45 bits per heavy atom. The first-order chi connectivity index (χ1) is 10.7. The van der Waals surface area contributed by atoms with Crippen molar-refractivity contribution in [2.45, 2.75) is 40.0 Å². The second-order valence-corrected chi connectivity index (χ2v) is 6.56. The molecule has 0 aliphatic carbocycles. The molecule has 5 nitrogen and oxygen atoms in total. The Hall–Kier alpha value is -0.810. The van der Waals surface area contributed by atoms with Crippen LogP contribution in [-0.4, -0.2) is 75.2 Å². The van der Waals surface area contributed by atoms with Crippen molar-refractivity contribution in [1.29, 1.82) is 0 Å². The van der Waals surface area contributed by atoms with Crippen LogP contribution in [0.15, 0.2) is 4.99 Å². The molecular formula is C17H37N5. The quantitative estimate of drug-likeness (QED) is 0.386. The van der Waals surface area contributed by atoms with Gasteiger partial charge < -0.3 is 20.4 Å². The van der Waals surface area contributed by atoms with Crippen molar-refractivity contribution in [3.8, 4) is 0 Å². The van der Waals surface area contributed by atoms with Crippen molar-refractivity contribution in [1.82, 2.24) is 20.4 Å². The number of unbranched alkanes of at least 4 members (excludes halogenated alkanes) is 2. The minimum Gasteiger partial charge on any atom is -0.357 e. The van der Waals surface area contributed by atoms with Gasteiger partial charge in [-0.3, -0.25) is 4.99 Å². The van der Waals surface area contributed by atoms with E-state index in [9.17, 15) is 0 Å². The van der Waals surface area contributed by atoms with Crippen molar-refractivity contribution in [2.75, 3.05) is 59.4 Å². The van der Waals surface area contributed by atoms with Gasteiger partial charge in [-0.15, -0.1) is 0 Å². The first-order valence-corrected chi connectivity index (χ1v) is 9.08. The summed E-state index contributed by atoms with van der Waals surface area (Å²) in [5, 5.41) is 6.78. The first kappa shape index (κ1) is 19.2. The molecule has 1 rings (SSSR count). The number of likely N-dealkylation sites (N-methyl/N-ethyl adjacent to an activating group) is 1. The molecular weight excluding hydrogens is 274 g/mol. The van der Waals surface area contributed by atoms with Crippen molar-refractivity contribution in [3.05, 3.63) is 0 Å². The molecule has 0 aromatic carbocycles. The first-order valence-electron chi connectivity index (χ1n) is 9.08. The fourth-order valence-corrected chi connectivity index (χ4v) is 2.70. The minimum atomic E-state index is 0.606. The van der Waals surface area contributed by atoms with Crippen LogP contribution in [0, 0.1) is 5.92 Å². The number of nitrogens with zero attached hydrogens (tertiary/aromatic N) is 3. The van der Waals surface area contributed by atoms with Gasteiger partial charge in [0.2, 0.25) is 0 Å². The zero-order valence-corrected chi connectivity index (χ0v) is 15.2. The second-order valence-electron chi connectivity index (χ2n) is 6.56. The molecule has 0 amide bonds. The second kappa shape index (κ2) is 11.7. The van der Waals surface area contributed by atoms with Crippen LogP contribution < -0.4 is 10.6 Å². The predicted octanol–water partition coefficient (Wildman–Crippen LogP) is 1.62. The number of hydrogen-bond donors (Lipinski definition) is 2. The monoisotopic (exact) mass is 311 g/mol. The van der Waals surface area contributed by atoms with Gasteiger partial charge in [0.1, 0.15) is 0 Å². The highest BCUT2D eigenvalue weighted by Gasteiger charge is 2.15. The van der Waals surface area contributed by atoms with Gasteiger partial charge in [-0.1, -0.05) is 26.7 Å². The molecule has 1 fully saturated rings. The standard InChI is InChI=1S/C17H37N5/c1-5-7-8-9-19-17(18-6-2)20-14-16(3)15-22-12-10-21(4)11-13-22/h16H,5-15H2,1-4H3,(H2,18,19,20). The van der Waals surface area contributed by atoms with Crippen molar-refractivity contribution in [2.24, 2.45) is 10.9 Å². The van der Waals surface area contributed by atoms with Crippen LogP contribution in [0.1, 0.15) is 40.0 Å². The summed E-state index contributed by atoms with van der Waals surface area (Å²) in [6.45, 7) is 15.4. The van der Waals surface area contributed by atoms with Crippen LogP contribution in [0.3, 0.4) is 0 Å². The van der Waals surface area contributed by atoms with Gasteiger partial charge in [0.05, 0.1) is 0 Å². The average Bonchev–Trinajstić information content (AvgIpc) is 2.51. The number of hydrogen-bond acceptors (Lipinski definition) is 3. The molecule has 1 aliphatic rings. The van der Waals surface area contributed by atoms with Gasteiger partial charge in [0, 0.05) is 52.4 Å². The Morgan fingerprint density at radius 1 is 1.09 bits per heavy atom. The van der Waals surface area contributed by atoms with Gasteiger partial charge in [-0.2, -0.15) is 0 Å². The zero-order valence-electron chi connectivity index (χ0n) is 15.2. The minimum absolute atomic E-state index is 0.606. The Balaban J connectivity index is 2.27. The maximum absolute atomic E-state index is 4.75. The number of aliphatic imine (C=N–C) groups is 1. The number of nitrogens with one attached hydrogen (secondary N) is 2. The Kier molecular flexibility index (Phi) is 10.2. The van der Waals surface area contributed by atoms with Crippen LogP contribution in [0.2, 0.25) is 0 Å². The normalized spacial score (nSPS) is 19.2. The number of piperazine rings is 1. The number of rotatable bonds is 9. The smallest absolute Gasteiger partial charge is 0.191 e. The molecule has 1 heterocycles. The molecule has 5 heteroatoms. The van der Waals surface area contributed by atoms with Gasteiger partial charge in [-0.05, 0) is 26.3 Å². The van der Waals surface area contributed by atoms with E-state index in [1.165, 1.54) is 45.4 Å². The summed E-state index contributed by atoms with van der Waals surface area (Å²) in [6.07, 6.45) is 3.77. The Bertz CT molecular complexity index is 297. The molecule has 1 atom stereocenters. The molecule has 1 unspecified atom stereocenters. The van der Waals surface area contributed by atoms with Crippen LogP contribution in [-0.2, 0) is 0 Å². The molecule has 2 N–H and O–H groups in total. The van der Waals surface area contributed by atoms with E-state index in [1.54, 1.807) is 0 Å². The largest absolute Gasteiger partial charge is 0.357 e. The Labute approximate surface area is 137 Å². The molecule has 0 spiro atoms. The summed E-state index contributed by atoms with van der Waals surface area (Å²) in [7, 11) is 2.21. The van der Waals surface area contributed by atoms with Crippen LogP contribution in [0.4, 0.5) is 0 Å². The molecule has 0 bridgehead atoms. The highest BCUT2D eigenvalue weighted by atomic mass is 15.2. The molecule has 1 saturated heterocycles. The van der Waals surface area contributed by atoms with Crippen molar-refractivity contribution >= 4 is 5.96 Å². The summed E-state index contributed by atoms with van der Waals surface area (Å²) in [6, 6.07) is 0. The van der Waals surface area contributed by atoms with Gasteiger partial charge in [-0.25, -0.2) is 0 Å². The molecule has 1 aliphatic heterocycles. The van der Waals surface area contributed by atoms with E-state index in [0.717, 1.165) is 32.1 Å². The van der Waals surface area contributed by atoms with E-state index in [1.807, 2.05) is 0 Å². The van der Waals surface area contributed by atoms with Gasteiger partial charge in [0.15, 0.2) is 5.96 Å². The maximum atomic E-state index is 4.75. The third-order valence-corrected chi connectivity index (χ3v) is 4.14. The molecule has 130 valence electrons. The highest BCUT2D eigenvalue weighted by Crippen LogP contribution is 2.05. The molecule has 0 radical (unpaired) electrons. The van der Waals surface area contributed by atoms with E-state index in [0.29, 0.717) is 5.92 Å². The Morgan fingerprint density at radius 2 is 1.82 bits per heavy atom. The molecule has 22 heavy (non-hydrogen) atoms. The topological polar surface area (TPSA) is 42.9 Å². The fourth-order valence-electron chi connectivity index (χ4n) is 2.70.